The van der Waals surface area contributed by atoms with E-state index < -0.39 is 0 Å². The van der Waals surface area contributed by atoms with Gasteiger partial charge in [0.2, 0.25) is 0 Å². The van der Waals surface area contributed by atoms with Crippen molar-refractivity contribution in [3.8, 4) is 0 Å². The molecular weight excluding hydrogens is 142 g/mol. The van der Waals surface area contributed by atoms with E-state index in [1.165, 1.54) is 0 Å². The minimum absolute atomic E-state index is 0.991. The second-order valence-corrected chi connectivity index (χ2v) is 1.88. The lowest BCUT2D eigenvalue weighted by Crippen LogP contribution is -1.98. The molecule has 0 atom stereocenters. The fraction of sp³-hybridized carbons (Fsp3) is 1.00. The first-order chi connectivity index (χ1) is 2.91. The molecule has 0 unspecified atom stereocenters. The molecule has 0 spiro atoms. The van der Waals surface area contributed by atoms with Gasteiger partial charge in [-0.1, -0.05) is 15.9 Å². The largest absolute Gasteiger partial charge is 0.245 e. The van der Waals surface area contributed by atoms with E-state index in [-0.39, 0.29) is 0 Å². The van der Waals surface area contributed by atoms with Crippen LogP contribution in [0, 0.1) is 0 Å². The van der Waals surface area contributed by atoms with Gasteiger partial charge in [0.15, 0.2) is 0 Å². The molecule has 0 heterocycles. The number of hydrogen-bond acceptors (Lipinski definition) is 0. The zero-order chi connectivity index (χ0) is 4.83. The molecule has 0 saturated heterocycles. The second-order valence-electron chi connectivity index (χ2n) is 1.08. The summed E-state index contributed by atoms with van der Waals surface area (Å²) in [6.45, 7) is 0.991. The molecule has 0 aromatic carbocycles. The Morgan fingerprint density at radius 1 is 1.67 bits per heavy atom. The Morgan fingerprint density at radius 2 is 2.33 bits per heavy atom. The van der Waals surface area contributed by atoms with Crippen LogP contribution >= 0.6 is 15.9 Å². The first kappa shape index (κ1) is 6.44. The monoisotopic (exact) mass is 150 g/mol. The smallest absolute Gasteiger partial charge is 0.0138 e. The molecular formula is C4H9BrN. The Morgan fingerprint density at radius 3 is 2.50 bits per heavy atom. The van der Waals surface area contributed by atoms with Crippen molar-refractivity contribution in [2.45, 2.75) is 6.42 Å². The van der Waals surface area contributed by atoms with Crippen LogP contribution in [-0.2, 0) is 0 Å². The van der Waals surface area contributed by atoms with Crippen LogP contribution in [0.15, 0.2) is 0 Å². The number of rotatable bonds is 3. The Labute approximate surface area is 47.3 Å². The summed E-state index contributed by atoms with van der Waals surface area (Å²) >= 11 is 3.29. The maximum absolute atomic E-state index is 3.90. The standard InChI is InChI=1S/C4H9BrN/c1-6-4-2-3-5/h2-4H2,1H3. The van der Waals surface area contributed by atoms with E-state index in [0.717, 1.165) is 18.3 Å². The molecule has 0 aliphatic rings. The van der Waals surface area contributed by atoms with E-state index in [9.17, 15) is 0 Å². The molecule has 0 aliphatic carbocycles. The van der Waals surface area contributed by atoms with Crippen molar-refractivity contribution >= 4 is 15.9 Å². The van der Waals surface area contributed by atoms with Crippen LogP contribution in [0.3, 0.4) is 0 Å². The Hall–Kier alpha value is 0.440. The van der Waals surface area contributed by atoms with Crippen molar-refractivity contribution in [2.75, 3.05) is 18.9 Å². The molecule has 0 N–H and O–H groups in total. The van der Waals surface area contributed by atoms with E-state index in [1.54, 1.807) is 0 Å². The van der Waals surface area contributed by atoms with Gasteiger partial charge in [-0.15, -0.1) is 0 Å². The summed E-state index contributed by atoms with van der Waals surface area (Å²) < 4.78 is 0. The third kappa shape index (κ3) is 4.44. The summed E-state index contributed by atoms with van der Waals surface area (Å²) in [5, 5.41) is 4.97. The summed E-state index contributed by atoms with van der Waals surface area (Å²) in [5.41, 5.74) is 0. The van der Waals surface area contributed by atoms with Crippen LogP contribution in [0.4, 0.5) is 0 Å². The molecule has 0 fully saturated rings. The van der Waals surface area contributed by atoms with Crippen LogP contribution in [0.5, 0.6) is 0 Å². The van der Waals surface area contributed by atoms with Gasteiger partial charge in [0, 0.05) is 18.9 Å². The van der Waals surface area contributed by atoms with Crippen molar-refractivity contribution in [1.82, 2.24) is 5.32 Å². The Balaban J connectivity index is 2.34. The number of hydrogen-bond donors (Lipinski definition) is 0. The van der Waals surface area contributed by atoms with E-state index >= 15 is 0 Å². The molecule has 0 rings (SSSR count). The lowest BCUT2D eigenvalue weighted by atomic mass is 10.5. The van der Waals surface area contributed by atoms with Crippen molar-refractivity contribution in [1.29, 1.82) is 0 Å². The summed E-state index contributed by atoms with van der Waals surface area (Å²) in [6.07, 6.45) is 1.16. The molecule has 0 amide bonds. The van der Waals surface area contributed by atoms with E-state index in [4.69, 9.17) is 0 Å². The maximum Gasteiger partial charge on any atom is 0.0138 e. The lowest BCUT2D eigenvalue weighted by molar-refractivity contribution is 0.766. The highest BCUT2D eigenvalue weighted by molar-refractivity contribution is 9.09. The normalized spacial score (nSPS) is 9.00. The number of halogens is 1. The van der Waals surface area contributed by atoms with Gasteiger partial charge in [-0.3, -0.25) is 0 Å². The molecule has 0 bridgehead atoms. The SMILES string of the molecule is C[N]CCCBr. The van der Waals surface area contributed by atoms with Crippen LogP contribution in [0.25, 0.3) is 0 Å². The van der Waals surface area contributed by atoms with Gasteiger partial charge >= 0.3 is 0 Å². The molecule has 1 nitrogen and oxygen atoms in total. The molecule has 0 aromatic heterocycles. The van der Waals surface area contributed by atoms with E-state index in [0.29, 0.717) is 0 Å². The van der Waals surface area contributed by atoms with E-state index in [1.807, 2.05) is 7.05 Å². The Bertz CT molecular complexity index is 19.5. The lowest BCUT2D eigenvalue weighted by Gasteiger charge is -1.86. The van der Waals surface area contributed by atoms with Crippen LogP contribution in [-0.4, -0.2) is 18.9 Å². The van der Waals surface area contributed by atoms with Gasteiger partial charge in [0.25, 0.3) is 0 Å². The van der Waals surface area contributed by atoms with Gasteiger partial charge in [-0.05, 0) is 6.42 Å². The molecule has 1 radical (unpaired) electrons. The summed E-state index contributed by atoms with van der Waals surface area (Å²) in [5.74, 6) is 0. The third-order valence-corrected chi connectivity index (χ3v) is 1.08. The van der Waals surface area contributed by atoms with Crippen molar-refractivity contribution in [3.63, 3.8) is 0 Å². The van der Waals surface area contributed by atoms with Crippen molar-refractivity contribution in [3.05, 3.63) is 0 Å². The van der Waals surface area contributed by atoms with Gasteiger partial charge in [-0.25, -0.2) is 5.32 Å². The number of alkyl halides is 1. The van der Waals surface area contributed by atoms with Gasteiger partial charge in [0.05, 0.1) is 0 Å². The summed E-state index contributed by atoms with van der Waals surface area (Å²) in [4.78, 5) is 0. The first-order valence-electron chi connectivity index (χ1n) is 2.03. The highest BCUT2D eigenvalue weighted by atomic mass is 79.9. The third-order valence-electron chi connectivity index (χ3n) is 0.515. The predicted molar refractivity (Wildman–Crippen MR) is 31.3 cm³/mol. The Kier molecular flexibility index (Phi) is 5.84. The minimum Gasteiger partial charge on any atom is -0.245 e. The zero-order valence-electron chi connectivity index (χ0n) is 3.95. The van der Waals surface area contributed by atoms with Crippen LogP contribution in [0.1, 0.15) is 6.42 Å². The zero-order valence-corrected chi connectivity index (χ0v) is 5.53. The van der Waals surface area contributed by atoms with E-state index in [2.05, 4.69) is 21.2 Å². The average Bonchev–Trinajstić information content (AvgIpc) is 1.61. The molecule has 0 saturated carbocycles. The number of nitrogens with zero attached hydrogens (tertiary/aromatic N) is 1. The van der Waals surface area contributed by atoms with Crippen LogP contribution < -0.4 is 5.32 Å². The fourth-order valence-electron chi connectivity index (χ4n) is 0.218. The summed E-state index contributed by atoms with van der Waals surface area (Å²) in [7, 11) is 1.84. The van der Waals surface area contributed by atoms with Gasteiger partial charge in [0.1, 0.15) is 0 Å². The first-order valence-corrected chi connectivity index (χ1v) is 3.15. The highest BCUT2D eigenvalue weighted by Gasteiger charge is 1.76. The van der Waals surface area contributed by atoms with Crippen LogP contribution in [0.2, 0.25) is 0 Å². The highest BCUT2D eigenvalue weighted by Crippen LogP contribution is 1.82. The van der Waals surface area contributed by atoms with Crippen molar-refractivity contribution < 1.29 is 0 Å². The molecule has 0 aliphatic heterocycles. The quantitative estimate of drug-likeness (QED) is 0.422. The minimum atomic E-state index is 0.991. The summed E-state index contributed by atoms with van der Waals surface area (Å²) in [6, 6.07) is 0. The average molecular weight is 151 g/mol. The predicted octanol–water partition coefficient (Wildman–Crippen LogP) is 1.01. The molecule has 6 heavy (non-hydrogen) atoms. The topological polar surface area (TPSA) is 14.1 Å². The van der Waals surface area contributed by atoms with Gasteiger partial charge < -0.3 is 0 Å². The molecule has 0 aromatic rings. The van der Waals surface area contributed by atoms with Crippen molar-refractivity contribution in [2.24, 2.45) is 0 Å². The second kappa shape index (κ2) is 5.44. The fourth-order valence-corrected chi connectivity index (χ4v) is 0.469. The molecule has 37 valence electrons. The molecule has 2 heteroatoms. The van der Waals surface area contributed by atoms with Gasteiger partial charge in [-0.2, -0.15) is 0 Å². The maximum atomic E-state index is 3.90.